The molecule has 0 aliphatic heterocycles. The van der Waals surface area contributed by atoms with Crippen LogP contribution in [0.1, 0.15) is 21.7 Å². The molecule has 0 aliphatic rings. The number of nitrogens with one attached hydrogen (secondary N) is 1. The predicted octanol–water partition coefficient (Wildman–Crippen LogP) is 2.23. The Bertz CT molecular complexity index is 823. The van der Waals surface area contributed by atoms with E-state index in [9.17, 15) is 4.79 Å². The van der Waals surface area contributed by atoms with Crippen molar-refractivity contribution < 1.29 is 4.79 Å². The highest BCUT2D eigenvalue weighted by Crippen LogP contribution is 2.20. The molecule has 3 rings (SSSR count). The van der Waals surface area contributed by atoms with E-state index in [0.717, 1.165) is 16.7 Å². The van der Waals surface area contributed by atoms with E-state index in [1.165, 1.54) is 0 Å². The smallest absolute Gasteiger partial charge is 0.257 e. The van der Waals surface area contributed by atoms with Crippen LogP contribution in [0.4, 0.5) is 5.69 Å². The van der Waals surface area contributed by atoms with Crippen LogP contribution in [0.3, 0.4) is 0 Å². The summed E-state index contributed by atoms with van der Waals surface area (Å²) in [7, 11) is 1.85. The minimum Gasteiger partial charge on any atom is -0.322 e. The van der Waals surface area contributed by atoms with E-state index >= 15 is 0 Å². The second kappa shape index (κ2) is 4.97. The molecule has 21 heavy (non-hydrogen) atoms. The first-order valence-corrected chi connectivity index (χ1v) is 6.58. The summed E-state index contributed by atoms with van der Waals surface area (Å²) in [5, 5.41) is 8.07. The summed E-state index contributed by atoms with van der Waals surface area (Å²) in [6, 6.07) is 5.33. The number of aromatic nitrogens is 4. The van der Waals surface area contributed by atoms with E-state index < -0.39 is 0 Å². The molecule has 3 aromatic rings. The van der Waals surface area contributed by atoms with Crippen molar-refractivity contribution in [3.05, 3.63) is 47.5 Å². The number of anilines is 1. The van der Waals surface area contributed by atoms with E-state index in [0.29, 0.717) is 16.9 Å². The van der Waals surface area contributed by atoms with Gasteiger partial charge in [0.2, 0.25) is 0 Å². The molecule has 0 aromatic carbocycles. The van der Waals surface area contributed by atoms with Crippen LogP contribution >= 0.6 is 0 Å². The molecule has 106 valence electrons. The van der Waals surface area contributed by atoms with Crippen molar-refractivity contribution in [1.29, 1.82) is 0 Å². The molecule has 0 bridgehead atoms. The van der Waals surface area contributed by atoms with Crippen molar-refractivity contribution in [2.45, 2.75) is 13.8 Å². The monoisotopic (exact) mass is 281 g/mol. The highest BCUT2D eigenvalue weighted by molar-refractivity contribution is 6.06. The number of hydrogen-bond donors (Lipinski definition) is 1. The summed E-state index contributed by atoms with van der Waals surface area (Å²) in [4.78, 5) is 20.8. The fraction of sp³-hybridized carbons (Fsp3) is 0.200. The van der Waals surface area contributed by atoms with Gasteiger partial charge in [-0.1, -0.05) is 0 Å². The summed E-state index contributed by atoms with van der Waals surface area (Å²) in [5.41, 5.74) is 3.58. The fourth-order valence-corrected chi connectivity index (χ4v) is 2.30. The zero-order chi connectivity index (χ0) is 15.0. The lowest BCUT2D eigenvalue weighted by atomic mass is 10.1. The standard InChI is InChI=1S/C15H15N5O/c1-9-13(15(21)18-11-4-6-16-7-5-11)8-12-10(2)19-20(3)14(12)17-9/h4-8H,1-3H3,(H,16,18,21). The molecular formula is C15H15N5O. The van der Waals surface area contributed by atoms with Crippen LogP contribution in [0.2, 0.25) is 0 Å². The lowest BCUT2D eigenvalue weighted by Gasteiger charge is -2.07. The third kappa shape index (κ3) is 2.35. The number of amides is 1. The molecule has 0 unspecified atom stereocenters. The number of aryl methyl sites for hydroxylation is 3. The molecule has 6 heteroatoms. The minimum atomic E-state index is -0.184. The Morgan fingerprint density at radius 1 is 1.19 bits per heavy atom. The Hall–Kier alpha value is -2.76. The molecule has 1 N–H and O–H groups in total. The minimum absolute atomic E-state index is 0.184. The molecule has 0 saturated heterocycles. The van der Waals surface area contributed by atoms with Gasteiger partial charge in [0.1, 0.15) is 0 Å². The van der Waals surface area contributed by atoms with Gasteiger partial charge in [0, 0.05) is 30.5 Å². The molecule has 0 saturated carbocycles. The average molecular weight is 281 g/mol. The molecule has 0 radical (unpaired) electrons. The Morgan fingerprint density at radius 2 is 1.90 bits per heavy atom. The van der Waals surface area contributed by atoms with Gasteiger partial charge in [0.15, 0.2) is 5.65 Å². The van der Waals surface area contributed by atoms with Gasteiger partial charge in [0.25, 0.3) is 5.91 Å². The number of pyridine rings is 2. The lowest BCUT2D eigenvalue weighted by molar-refractivity contribution is 0.102. The number of fused-ring (bicyclic) bond motifs is 1. The summed E-state index contributed by atoms with van der Waals surface area (Å²) >= 11 is 0. The van der Waals surface area contributed by atoms with Crippen molar-refractivity contribution in [1.82, 2.24) is 19.7 Å². The zero-order valence-electron chi connectivity index (χ0n) is 12.1. The van der Waals surface area contributed by atoms with Crippen LogP contribution in [-0.2, 0) is 7.05 Å². The summed E-state index contributed by atoms with van der Waals surface area (Å²) in [5.74, 6) is -0.184. The first-order valence-electron chi connectivity index (χ1n) is 6.58. The highest BCUT2D eigenvalue weighted by Gasteiger charge is 2.15. The Kier molecular flexibility index (Phi) is 3.13. The summed E-state index contributed by atoms with van der Waals surface area (Å²) < 4.78 is 1.72. The molecule has 0 spiro atoms. The van der Waals surface area contributed by atoms with Crippen LogP contribution in [0.5, 0.6) is 0 Å². The Labute approximate surface area is 121 Å². The third-order valence-electron chi connectivity index (χ3n) is 3.37. The van der Waals surface area contributed by atoms with Gasteiger partial charge in [-0.3, -0.25) is 14.5 Å². The number of nitrogens with zero attached hydrogens (tertiary/aromatic N) is 4. The summed E-state index contributed by atoms with van der Waals surface area (Å²) in [6.07, 6.45) is 3.27. The molecule has 1 amide bonds. The van der Waals surface area contributed by atoms with Crippen molar-refractivity contribution in [3.8, 4) is 0 Å². The molecular weight excluding hydrogens is 266 g/mol. The predicted molar refractivity (Wildman–Crippen MR) is 80.2 cm³/mol. The van der Waals surface area contributed by atoms with E-state index in [1.54, 1.807) is 29.2 Å². The largest absolute Gasteiger partial charge is 0.322 e. The van der Waals surface area contributed by atoms with Gasteiger partial charge >= 0.3 is 0 Å². The van der Waals surface area contributed by atoms with Gasteiger partial charge in [0.05, 0.1) is 17.0 Å². The van der Waals surface area contributed by atoms with E-state index in [4.69, 9.17) is 0 Å². The second-order valence-corrected chi connectivity index (χ2v) is 4.89. The Morgan fingerprint density at radius 3 is 2.62 bits per heavy atom. The first kappa shape index (κ1) is 13.2. The van der Waals surface area contributed by atoms with Gasteiger partial charge in [-0.25, -0.2) is 4.98 Å². The van der Waals surface area contributed by atoms with Crippen LogP contribution in [0.25, 0.3) is 11.0 Å². The van der Waals surface area contributed by atoms with Gasteiger partial charge < -0.3 is 5.32 Å². The summed E-state index contributed by atoms with van der Waals surface area (Å²) in [6.45, 7) is 3.73. The molecule has 0 atom stereocenters. The lowest BCUT2D eigenvalue weighted by Crippen LogP contribution is -2.14. The van der Waals surface area contributed by atoms with Crippen LogP contribution in [0.15, 0.2) is 30.6 Å². The van der Waals surface area contributed by atoms with Crippen molar-refractivity contribution in [2.24, 2.45) is 7.05 Å². The van der Waals surface area contributed by atoms with E-state index in [2.05, 4.69) is 20.4 Å². The van der Waals surface area contributed by atoms with Crippen molar-refractivity contribution in [2.75, 3.05) is 5.32 Å². The Balaban J connectivity index is 2.02. The molecule has 6 nitrogen and oxygen atoms in total. The maximum absolute atomic E-state index is 12.4. The molecule has 3 aromatic heterocycles. The van der Waals surface area contributed by atoms with Crippen LogP contribution in [0, 0.1) is 13.8 Å². The van der Waals surface area contributed by atoms with Crippen molar-refractivity contribution >= 4 is 22.6 Å². The maximum atomic E-state index is 12.4. The number of carbonyl (C=O) groups is 1. The third-order valence-corrected chi connectivity index (χ3v) is 3.37. The second-order valence-electron chi connectivity index (χ2n) is 4.89. The quantitative estimate of drug-likeness (QED) is 0.781. The fourth-order valence-electron chi connectivity index (χ4n) is 2.30. The first-order chi connectivity index (χ1) is 10.1. The topological polar surface area (TPSA) is 72.7 Å². The molecule has 0 aliphatic carbocycles. The SMILES string of the molecule is Cc1nc2c(cc1C(=O)Nc1ccncc1)c(C)nn2C. The van der Waals surface area contributed by atoms with E-state index in [-0.39, 0.29) is 5.91 Å². The van der Waals surface area contributed by atoms with Gasteiger partial charge in [-0.05, 0) is 32.0 Å². The molecule has 0 fully saturated rings. The average Bonchev–Trinajstić information content (AvgIpc) is 2.73. The highest BCUT2D eigenvalue weighted by atomic mass is 16.1. The zero-order valence-corrected chi connectivity index (χ0v) is 12.1. The normalized spacial score (nSPS) is 10.8. The maximum Gasteiger partial charge on any atom is 0.257 e. The van der Waals surface area contributed by atoms with Gasteiger partial charge in [-0.15, -0.1) is 0 Å². The number of hydrogen-bond acceptors (Lipinski definition) is 4. The number of rotatable bonds is 2. The van der Waals surface area contributed by atoms with Crippen LogP contribution in [-0.4, -0.2) is 25.7 Å². The van der Waals surface area contributed by atoms with E-state index in [1.807, 2.05) is 27.0 Å². The van der Waals surface area contributed by atoms with Crippen molar-refractivity contribution in [3.63, 3.8) is 0 Å². The van der Waals surface area contributed by atoms with Crippen LogP contribution < -0.4 is 5.32 Å². The number of carbonyl (C=O) groups excluding carboxylic acids is 1. The van der Waals surface area contributed by atoms with Gasteiger partial charge in [-0.2, -0.15) is 5.10 Å². The molecule has 3 heterocycles.